The van der Waals surface area contributed by atoms with Gasteiger partial charge >= 0.3 is 0 Å². The number of nitrogens with one attached hydrogen (secondary N) is 3. The molecule has 2 aromatic rings. The second-order valence-corrected chi connectivity index (χ2v) is 6.42. The molecule has 1 aliphatic carbocycles. The van der Waals surface area contributed by atoms with Crippen molar-refractivity contribution in [2.45, 2.75) is 31.7 Å². The molecule has 5 heteroatoms. The van der Waals surface area contributed by atoms with Crippen LogP contribution in [0.5, 0.6) is 0 Å². The fraction of sp³-hybridized carbons (Fsp3) is 0.529. The van der Waals surface area contributed by atoms with Crippen LogP contribution in [0.25, 0.3) is 11.0 Å². The first-order valence-corrected chi connectivity index (χ1v) is 8.36. The van der Waals surface area contributed by atoms with Gasteiger partial charge < -0.3 is 16.0 Å². The van der Waals surface area contributed by atoms with Crippen molar-refractivity contribution in [2.75, 3.05) is 30.3 Å². The molecule has 0 unspecified atom stereocenters. The summed E-state index contributed by atoms with van der Waals surface area (Å²) < 4.78 is 0. The number of benzene rings is 1. The van der Waals surface area contributed by atoms with E-state index in [9.17, 15) is 0 Å². The molecule has 5 nitrogen and oxygen atoms in total. The van der Waals surface area contributed by atoms with E-state index in [1.807, 2.05) is 24.3 Å². The Hall–Kier alpha value is -1.88. The monoisotopic (exact) mass is 297 g/mol. The third-order valence-corrected chi connectivity index (χ3v) is 4.45. The predicted molar refractivity (Wildman–Crippen MR) is 90.3 cm³/mol. The van der Waals surface area contributed by atoms with Crippen molar-refractivity contribution in [1.29, 1.82) is 0 Å². The molecule has 0 radical (unpaired) electrons. The summed E-state index contributed by atoms with van der Waals surface area (Å²) in [5, 5.41) is 10.5. The van der Waals surface area contributed by atoms with Crippen LogP contribution in [0.15, 0.2) is 24.3 Å². The molecule has 2 fully saturated rings. The molecular formula is C17H23N5. The minimum atomic E-state index is 0.576. The molecule has 1 saturated heterocycles. The molecule has 0 bridgehead atoms. The minimum absolute atomic E-state index is 0.576. The van der Waals surface area contributed by atoms with Crippen molar-refractivity contribution in [3.05, 3.63) is 24.3 Å². The van der Waals surface area contributed by atoms with Crippen molar-refractivity contribution < 1.29 is 0 Å². The first-order chi connectivity index (χ1) is 10.9. The molecule has 2 heterocycles. The summed E-state index contributed by atoms with van der Waals surface area (Å²) in [6.45, 7) is 3.21. The molecule has 1 aromatic heterocycles. The molecule has 3 N–H and O–H groups in total. The first kappa shape index (κ1) is 13.8. The van der Waals surface area contributed by atoms with Crippen LogP contribution in [0.1, 0.15) is 25.7 Å². The summed E-state index contributed by atoms with van der Waals surface area (Å²) in [5.41, 5.74) is 1.91. The lowest BCUT2D eigenvalue weighted by atomic mass is 10.00. The Bertz CT molecular complexity index is 647. The Labute approximate surface area is 130 Å². The maximum Gasteiger partial charge on any atom is 0.169 e. The summed E-state index contributed by atoms with van der Waals surface area (Å²) in [6.07, 6.45) is 5.02. The summed E-state index contributed by atoms with van der Waals surface area (Å²) in [7, 11) is 0. The number of hydrogen-bond acceptors (Lipinski definition) is 5. The highest BCUT2D eigenvalue weighted by Crippen LogP contribution is 2.29. The molecule has 1 saturated carbocycles. The standard InChI is InChI=1S/C17H23N5/c1-2-6-15-14(5-1)21-16(17(22-15)20-13-7-8-13)19-11-12-4-3-9-18-10-12/h1-2,5-6,12-13,18H,3-4,7-11H2,(H,19,21)(H,20,22)/t12-/m0/s1. The average molecular weight is 297 g/mol. The smallest absolute Gasteiger partial charge is 0.169 e. The summed E-state index contributed by atoms with van der Waals surface area (Å²) >= 11 is 0. The van der Waals surface area contributed by atoms with Gasteiger partial charge in [-0.25, -0.2) is 9.97 Å². The van der Waals surface area contributed by atoms with Crippen molar-refractivity contribution in [1.82, 2.24) is 15.3 Å². The number of para-hydroxylation sites is 2. The quantitative estimate of drug-likeness (QED) is 0.792. The number of piperidine rings is 1. The van der Waals surface area contributed by atoms with E-state index in [1.165, 1.54) is 25.7 Å². The van der Waals surface area contributed by atoms with Gasteiger partial charge in [-0.2, -0.15) is 0 Å². The Balaban J connectivity index is 1.55. The topological polar surface area (TPSA) is 61.9 Å². The molecule has 1 aromatic carbocycles. The molecule has 4 rings (SSSR count). The third-order valence-electron chi connectivity index (χ3n) is 4.45. The number of aromatic nitrogens is 2. The predicted octanol–water partition coefficient (Wildman–Crippen LogP) is 2.62. The normalized spacial score (nSPS) is 21.7. The second-order valence-electron chi connectivity index (χ2n) is 6.42. The third kappa shape index (κ3) is 3.14. The van der Waals surface area contributed by atoms with E-state index < -0.39 is 0 Å². The zero-order valence-corrected chi connectivity index (χ0v) is 12.8. The van der Waals surface area contributed by atoms with Gasteiger partial charge in [0.05, 0.1) is 11.0 Å². The lowest BCUT2D eigenvalue weighted by molar-refractivity contribution is 0.392. The van der Waals surface area contributed by atoms with Gasteiger partial charge in [-0.15, -0.1) is 0 Å². The summed E-state index contributed by atoms with van der Waals surface area (Å²) in [5.74, 6) is 2.48. The van der Waals surface area contributed by atoms with E-state index in [-0.39, 0.29) is 0 Å². The molecule has 116 valence electrons. The number of nitrogens with zero attached hydrogens (tertiary/aromatic N) is 2. The SMILES string of the molecule is c1ccc2nc(NC3CC3)c(NC[C@H]3CCCNC3)nc2c1. The fourth-order valence-electron chi connectivity index (χ4n) is 2.98. The van der Waals surface area contributed by atoms with Gasteiger partial charge in [0.15, 0.2) is 11.6 Å². The van der Waals surface area contributed by atoms with Crippen molar-refractivity contribution >= 4 is 22.7 Å². The summed E-state index contributed by atoms with van der Waals surface area (Å²) in [4.78, 5) is 9.55. The number of hydrogen-bond donors (Lipinski definition) is 3. The van der Waals surface area contributed by atoms with Crippen LogP contribution in [-0.4, -0.2) is 35.6 Å². The van der Waals surface area contributed by atoms with Crippen LogP contribution in [0.3, 0.4) is 0 Å². The van der Waals surface area contributed by atoms with E-state index in [0.717, 1.165) is 42.3 Å². The Morgan fingerprint density at radius 2 is 1.82 bits per heavy atom. The van der Waals surface area contributed by atoms with Gasteiger partial charge in [-0.3, -0.25) is 0 Å². The number of anilines is 2. The van der Waals surface area contributed by atoms with Crippen LogP contribution in [0, 0.1) is 5.92 Å². The second kappa shape index (κ2) is 6.08. The minimum Gasteiger partial charge on any atom is -0.367 e. The van der Waals surface area contributed by atoms with Crippen LogP contribution in [0.2, 0.25) is 0 Å². The van der Waals surface area contributed by atoms with E-state index in [1.54, 1.807) is 0 Å². The van der Waals surface area contributed by atoms with E-state index in [0.29, 0.717) is 12.0 Å². The van der Waals surface area contributed by atoms with E-state index in [4.69, 9.17) is 9.97 Å². The molecule has 1 atom stereocenters. The highest BCUT2D eigenvalue weighted by atomic mass is 15.1. The maximum atomic E-state index is 4.78. The zero-order chi connectivity index (χ0) is 14.8. The van der Waals surface area contributed by atoms with Crippen LogP contribution in [-0.2, 0) is 0 Å². The summed E-state index contributed by atoms with van der Waals surface area (Å²) in [6, 6.07) is 8.65. The molecular weight excluding hydrogens is 274 g/mol. The lowest BCUT2D eigenvalue weighted by Crippen LogP contribution is -2.33. The van der Waals surface area contributed by atoms with Gasteiger partial charge in [-0.1, -0.05) is 12.1 Å². The molecule has 2 aliphatic rings. The largest absolute Gasteiger partial charge is 0.367 e. The highest BCUT2D eigenvalue weighted by molar-refractivity contribution is 5.80. The number of fused-ring (bicyclic) bond motifs is 1. The van der Waals surface area contributed by atoms with Crippen LogP contribution >= 0.6 is 0 Å². The average Bonchev–Trinajstić information content (AvgIpc) is 3.38. The molecule has 0 amide bonds. The van der Waals surface area contributed by atoms with E-state index >= 15 is 0 Å². The number of rotatable bonds is 5. The Kier molecular flexibility index (Phi) is 3.81. The fourth-order valence-corrected chi connectivity index (χ4v) is 2.98. The van der Waals surface area contributed by atoms with Gasteiger partial charge in [0.1, 0.15) is 0 Å². The Morgan fingerprint density at radius 3 is 2.50 bits per heavy atom. The van der Waals surface area contributed by atoms with Gasteiger partial charge in [0.25, 0.3) is 0 Å². The van der Waals surface area contributed by atoms with Crippen molar-refractivity contribution in [2.24, 2.45) is 5.92 Å². The highest BCUT2D eigenvalue weighted by Gasteiger charge is 2.23. The zero-order valence-electron chi connectivity index (χ0n) is 12.8. The molecule has 0 spiro atoms. The van der Waals surface area contributed by atoms with Gasteiger partial charge in [-0.05, 0) is 56.8 Å². The first-order valence-electron chi connectivity index (χ1n) is 8.36. The van der Waals surface area contributed by atoms with Crippen LogP contribution in [0.4, 0.5) is 11.6 Å². The lowest BCUT2D eigenvalue weighted by Gasteiger charge is -2.23. The maximum absolute atomic E-state index is 4.78. The van der Waals surface area contributed by atoms with Crippen molar-refractivity contribution in [3.63, 3.8) is 0 Å². The van der Waals surface area contributed by atoms with Gasteiger partial charge in [0.2, 0.25) is 0 Å². The molecule has 1 aliphatic heterocycles. The van der Waals surface area contributed by atoms with Gasteiger partial charge in [0, 0.05) is 12.6 Å². The Morgan fingerprint density at radius 1 is 1.05 bits per heavy atom. The molecule has 22 heavy (non-hydrogen) atoms. The van der Waals surface area contributed by atoms with Crippen LogP contribution < -0.4 is 16.0 Å². The van der Waals surface area contributed by atoms with Crippen molar-refractivity contribution in [3.8, 4) is 0 Å². The van der Waals surface area contributed by atoms with E-state index in [2.05, 4.69) is 16.0 Å².